The molecule has 0 radical (unpaired) electrons. The number of hydrogen-bond donors (Lipinski definition) is 0. The van der Waals surface area contributed by atoms with Crippen LogP contribution in [0.5, 0.6) is 5.88 Å². The highest BCUT2D eigenvalue weighted by Crippen LogP contribution is 2.30. The fourth-order valence-corrected chi connectivity index (χ4v) is 3.14. The van der Waals surface area contributed by atoms with Gasteiger partial charge in [0.05, 0.1) is 13.2 Å². The van der Waals surface area contributed by atoms with Crippen molar-refractivity contribution < 1.29 is 9.47 Å². The van der Waals surface area contributed by atoms with Crippen LogP contribution in [0.4, 0.5) is 0 Å². The minimum Gasteiger partial charge on any atom is -0.481 e. The molecule has 1 fully saturated rings. The Hall–Kier alpha value is -1.33. The highest BCUT2D eigenvalue weighted by Gasteiger charge is 2.25. The summed E-state index contributed by atoms with van der Waals surface area (Å²) in [5.41, 5.74) is 1.78. The van der Waals surface area contributed by atoms with Gasteiger partial charge in [-0.1, -0.05) is 0 Å². The number of alkyl halides is 1. The Kier molecular flexibility index (Phi) is 4.31. The molecule has 0 aromatic carbocycles. The summed E-state index contributed by atoms with van der Waals surface area (Å²) in [7, 11) is 1.63. The zero-order chi connectivity index (χ0) is 14.8. The maximum Gasteiger partial charge on any atom is 0.215 e. The number of halogens is 1. The van der Waals surface area contributed by atoms with E-state index in [0.29, 0.717) is 17.8 Å². The maximum absolute atomic E-state index is 5.94. The third kappa shape index (κ3) is 2.85. The second-order valence-corrected chi connectivity index (χ2v) is 5.77. The molecule has 0 bridgehead atoms. The van der Waals surface area contributed by atoms with Gasteiger partial charge in [-0.05, 0) is 25.8 Å². The standard InChI is InChI=1S/C15H20ClN3O2/c1-10-9-11(6-8-21-10)19-13(5-7-16)17-12-3-4-14(20-2)18-15(12)19/h3-4,10-11H,5-9H2,1-2H3. The molecular formula is C15H20ClN3O2. The van der Waals surface area contributed by atoms with Crippen molar-refractivity contribution in [1.29, 1.82) is 0 Å². The van der Waals surface area contributed by atoms with E-state index in [4.69, 9.17) is 26.1 Å². The molecule has 2 aromatic heterocycles. The summed E-state index contributed by atoms with van der Waals surface area (Å²) in [4.78, 5) is 9.29. The summed E-state index contributed by atoms with van der Waals surface area (Å²) >= 11 is 5.94. The molecular weight excluding hydrogens is 290 g/mol. The molecule has 2 unspecified atom stereocenters. The molecule has 0 spiro atoms. The lowest BCUT2D eigenvalue weighted by molar-refractivity contribution is 0.00615. The van der Waals surface area contributed by atoms with Crippen LogP contribution >= 0.6 is 11.6 Å². The van der Waals surface area contributed by atoms with Gasteiger partial charge >= 0.3 is 0 Å². The third-order valence-corrected chi connectivity index (χ3v) is 4.12. The van der Waals surface area contributed by atoms with Gasteiger partial charge in [-0.25, -0.2) is 4.98 Å². The zero-order valence-electron chi connectivity index (χ0n) is 12.4. The van der Waals surface area contributed by atoms with E-state index in [1.165, 1.54) is 0 Å². The second-order valence-electron chi connectivity index (χ2n) is 5.39. The molecule has 0 amide bonds. The van der Waals surface area contributed by atoms with E-state index in [-0.39, 0.29) is 6.10 Å². The number of pyridine rings is 1. The Balaban J connectivity index is 2.09. The van der Waals surface area contributed by atoms with Crippen molar-refractivity contribution >= 4 is 22.8 Å². The quantitative estimate of drug-likeness (QED) is 0.815. The highest BCUT2D eigenvalue weighted by atomic mass is 35.5. The first kappa shape index (κ1) is 14.6. The molecule has 5 nitrogen and oxygen atoms in total. The minimum atomic E-state index is 0.260. The van der Waals surface area contributed by atoms with Gasteiger partial charge in [0.25, 0.3) is 0 Å². The Morgan fingerprint density at radius 3 is 3.00 bits per heavy atom. The first-order valence-electron chi connectivity index (χ1n) is 7.32. The van der Waals surface area contributed by atoms with Gasteiger partial charge in [-0.15, -0.1) is 11.6 Å². The van der Waals surface area contributed by atoms with Crippen LogP contribution in [0, 0.1) is 0 Å². The van der Waals surface area contributed by atoms with Crippen molar-refractivity contribution in [3.63, 3.8) is 0 Å². The minimum absolute atomic E-state index is 0.260. The lowest BCUT2D eigenvalue weighted by atomic mass is 10.0. The molecule has 3 rings (SSSR count). The van der Waals surface area contributed by atoms with Gasteiger partial charge in [0.15, 0.2) is 5.65 Å². The molecule has 1 aliphatic rings. The van der Waals surface area contributed by atoms with E-state index in [0.717, 1.165) is 42.9 Å². The molecule has 0 N–H and O–H groups in total. The van der Waals surface area contributed by atoms with Crippen molar-refractivity contribution in [2.45, 2.75) is 38.3 Å². The molecule has 2 atom stereocenters. The summed E-state index contributed by atoms with van der Waals surface area (Å²) in [5, 5.41) is 0. The van der Waals surface area contributed by atoms with E-state index in [1.807, 2.05) is 12.1 Å². The molecule has 1 saturated heterocycles. The Morgan fingerprint density at radius 1 is 1.43 bits per heavy atom. The van der Waals surface area contributed by atoms with Gasteiger partial charge in [-0.3, -0.25) is 0 Å². The first-order valence-corrected chi connectivity index (χ1v) is 7.85. The molecule has 3 heterocycles. The number of imidazole rings is 1. The molecule has 2 aromatic rings. The van der Waals surface area contributed by atoms with E-state index in [9.17, 15) is 0 Å². The largest absolute Gasteiger partial charge is 0.481 e. The lowest BCUT2D eigenvalue weighted by Crippen LogP contribution is -2.26. The van der Waals surface area contributed by atoms with Gasteiger partial charge in [0.1, 0.15) is 11.3 Å². The Bertz CT molecular complexity index is 629. The van der Waals surface area contributed by atoms with Crippen LogP contribution in [0.3, 0.4) is 0 Å². The summed E-state index contributed by atoms with van der Waals surface area (Å²) in [6, 6.07) is 4.16. The number of methoxy groups -OCH3 is 1. The van der Waals surface area contributed by atoms with Crippen LogP contribution in [0.25, 0.3) is 11.2 Å². The number of aromatic nitrogens is 3. The van der Waals surface area contributed by atoms with Crippen LogP contribution in [-0.4, -0.2) is 40.2 Å². The number of nitrogens with zero attached hydrogens (tertiary/aromatic N) is 3. The van der Waals surface area contributed by atoms with Crippen molar-refractivity contribution in [2.24, 2.45) is 0 Å². The van der Waals surface area contributed by atoms with Gasteiger partial charge in [-0.2, -0.15) is 4.98 Å². The summed E-state index contributed by atoms with van der Waals surface area (Å²) in [6.45, 7) is 2.89. The molecule has 21 heavy (non-hydrogen) atoms. The molecule has 114 valence electrons. The van der Waals surface area contributed by atoms with Gasteiger partial charge in [0.2, 0.25) is 5.88 Å². The Morgan fingerprint density at radius 2 is 2.29 bits per heavy atom. The fourth-order valence-electron chi connectivity index (χ4n) is 2.97. The fraction of sp³-hybridized carbons (Fsp3) is 0.600. The number of ether oxygens (including phenoxy) is 2. The van der Waals surface area contributed by atoms with Gasteiger partial charge < -0.3 is 14.0 Å². The number of fused-ring (bicyclic) bond motifs is 1. The Labute approximate surface area is 129 Å². The van der Waals surface area contributed by atoms with Crippen molar-refractivity contribution in [3.8, 4) is 5.88 Å². The van der Waals surface area contributed by atoms with Crippen LogP contribution in [0.2, 0.25) is 0 Å². The topological polar surface area (TPSA) is 49.2 Å². The molecule has 6 heteroatoms. The summed E-state index contributed by atoms with van der Waals surface area (Å²) in [6.07, 6.45) is 2.95. The molecule has 1 aliphatic heterocycles. The summed E-state index contributed by atoms with van der Waals surface area (Å²) in [5.74, 6) is 2.17. The third-order valence-electron chi connectivity index (χ3n) is 3.93. The van der Waals surface area contributed by atoms with E-state index in [2.05, 4.69) is 16.5 Å². The predicted molar refractivity (Wildman–Crippen MR) is 82.2 cm³/mol. The number of hydrogen-bond acceptors (Lipinski definition) is 4. The lowest BCUT2D eigenvalue weighted by Gasteiger charge is -2.29. The molecule has 0 saturated carbocycles. The summed E-state index contributed by atoms with van der Waals surface area (Å²) < 4.78 is 13.1. The van der Waals surface area contributed by atoms with Crippen molar-refractivity contribution in [1.82, 2.24) is 14.5 Å². The average molecular weight is 310 g/mol. The van der Waals surface area contributed by atoms with E-state index in [1.54, 1.807) is 7.11 Å². The van der Waals surface area contributed by atoms with E-state index < -0.39 is 0 Å². The van der Waals surface area contributed by atoms with Crippen molar-refractivity contribution in [2.75, 3.05) is 19.6 Å². The first-order chi connectivity index (χ1) is 10.2. The van der Waals surface area contributed by atoms with Crippen LogP contribution in [-0.2, 0) is 11.2 Å². The average Bonchev–Trinajstić information content (AvgIpc) is 2.84. The molecule has 0 aliphatic carbocycles. The zero-order valence-corrected chi connectivity index (χ0v) is 13.1. The SMILES string of the molecule is COc1ccc2nc(CCCl)n(C3CCOC(C)C3)c2n1. The normalized spacial score (nSPS) is 22.6. The smallest absolute Gasteiger partial charge is 0.215 e. The van der Waals surface area contributed by atoms with Crippen LogP contribution in [0.1, 0.15) is 31.6 Å². The van der Waals surface area contributed by atoms with Crippen molar-refractivity contribution in [3.05, 3.63) is 18.0 Å². The maximum atomic E-state index is 5.94. The van der Waals surface area contributed by atoms with E-state index >= 15 is 0 Å². The monoisotopic (exact) mass is 309 g/mol. The van der Waals surface area contributed by atoms with Crippen LogP contribution in [0.15, 0.2) is 12.1 Å². The predicted octanol–water partition coefficient (Wildman–Crippen LogP) is 2.96. The number of aryl methyl sites for hydroxylation is 1. The van der Waals surface area contributed by atoms with Crippen LogP contribution < -0.4 is 4.74 Å². The number of rotatable bonds is 4. The highest BCUT2D eigenvalue weighted by molar-refractivity contribution is 6.17. The second kappa shape index (κ2) is 6.20. The van der Waals surface area contributed by atoms with Gasteiger partial charge in [0, 0.05) is 31.0 Å².